The zero-order chi connectivity index (χ0) is 37.4. The highest BCUT2D eigenvalue weighted by Crippen LogP contribution is 2.46. The molecule has 7 rings (SSSR count). The van der Waals surface area contributed by atoms with Crippen molar-refractivity contribution >= 4 is 51.2 Å². The van der Waals surface area contributed by atoms with E-state index in [1.54, 1.807) is 21.3 Å². The maximum absolute atomic E-state index is 14.7. The van der Waals surface area contributed by atoms with E-state index in [-0.39, 0.29) is 11.3 Å². The van der Waals surface area contributed by atoms with E-state index in [2.05, 4.69) is 43.5 Å². The van der Waals surface area contributed by atoms with Gasteiger partial charge in [0, 0.05) is 17.0 Å². The van der Waals surface area contributed by atoms with Gasteiger partial charge in [-0.3, -0.25) is 0 Å². The standard InChI is InChI=1S/C44H44ClN3O5/c1-26(42-47-35-24-31(45)17-18-36(35)48(42)25-27-13-9-8-10-14-27)53-43(49)39-32-15-11-12-16-34(32)46-40-29(22-30(23-33(39)40)44(2,3)4)19-28-20-37(50-5)41(52-7)38(21-28)51-6/h8-21,24,26,30H,22-23,25H2,1-7H3/b29-19-. The fraction of sp³-hybridized carbons (Fsp3) is 0.295. The van der Waals surface area contributed by atoms with Gasteiger partial charge in [0.2, 0.25) is 5.75 Å². The zero-order valence-corrected chi connectivity index (χ0v) is 32.0. The predicted octanol–water partition coefficient (Wildman–Crippen LogP) is 10.4. The number of ether oxygens (including phenoxy) is 4. The lowest BCUT2D eigenvalue weighted by Crippen LogP contribution is -2.29. The number of fused-ring (bicyclic) bond motifs is 3. The highest BCUT2D eigenvalue weighted by Gasteiger charge is 2.36. The van der Waals surface area contributed by atoms with Gasteiger partial charge in [-0.25, -0.2) is 14.8 Å². The van der Waals surface area contributed by atoms with Gasteiger partial charge in [0.05, 0.1) is 49.1 Å². The minimum Gasteiger partial charge on any atom is -0.493 e. The van der Waals surface area contributed by atoms with Crippen molar-refractivity contribution in [1.29, 1.82) is 0 Å². The van der Waals surface area contributed by atoms with Gasteiger partial charge in [-0.2, -0.15) is 0 Å². The quantitative estimate of drug-likeness (QED) is 0.137. The average molecular weight is 730 g/mol. The summed E-state index contributed by atoms with van der Waals surface area (Å²) in [6, 6.07) is 27.5. The number of rotatable bonds is 9. The number of hydrogen-bond donors (Lipinski definition) is 0. The van der Waals surface area contributed by atoms with E-state index in [1.165, 1.54) is 0 Å². The smallest absolute Gasteiger partial charge is 0.339 e. The number of halogens is 1. The van der Waals surface area contributed by atoms with Crippen LogP contribution in [0.4, 0.5) is 0 Å². The van der Waals surface area contributed by atoms with E-state index in [1.807, 2.05) is 79.7 Å². The Morgan fingerprint density at radius 1 is 0.887 bits per heavy atom. The van der Waals surface area contributed by atoms with E-state index in [0.29, 0.717) is 46.6 Å². The number of esters is 1. The number of imidazole rings is 1. The molecule has 6 aromatic rings. The van der Waals surface area contributed by atoms with Gasteiger partial charge in [-0.1, -0.05) is 80.9 Å². The number of carbonyl (C=O) groups excluding carboxylic acids is 1. The summed E-state index contributed by atoms with van der Waals surface area (Å²) in [7, 11) is 4.81. The number of benzene rings is 4. The van der Waals surface area contributed by atoms with E-state index in [9.17, 15) is 4.79 Å². The third-order valence-electron chi connectivity index (χ3n) is 10.2. The maximum atomic E-state index is 14.7. The molecular weight excluding hydrogens is 686 g/mol. The van der Waals surface area contributed by atoms with E-state index in [4.69, 9.17) is 40.5 Å². The SMILES string of the molecule is COc1cc(/C=C2/CC(C(C)(C)C)Cc3c2nc2ccccc2c3C(=O)OC(C)c2nc3cc(Cl)ccc3n2Cc2ccccc2)cc(OC)c1OC. The Labute approximate surface area is 315 Å². The highest BCUT2D eigenvalue weighted by molar-refractivity contribution is 6.31. The molecule has 53 heavy (non-hydrogen) atoms. The fourth-order valence-corrected chi connectivity index (χ4v) is 7.56. The lowest BCUT2D eigenvalue weighted by molar-refractivity contribution is 0.0314. The number of nitrogens with zero attached hydrogens (tertiary/aromatic N) is 3. The topological polar surface area (TPSA) is 84.7 Å². The fourth-order valence-electron chi connectivity index (χ4n) is 7.39. The molecule has 0 bridgehead atoms. The van der Waals surface area contributed by atoms with Crippen LogP contribution in [0, 0.1) is 11.3 Å². The van der Waals surface area contributed by atoms with Crippen molar-refractivity contribution < 1.29 is 23.7 Å². The number of para-hydroxylation sites is 1. The lowest BCUT2D eigenvalue weighted by Gasteiger charge is -2.37. The van der Waals surface area contributed by atoms with Crippen LogP contribution in [0.1, 0.15) is 78.8 Å². The Bertz CT molecular complexity index is 2330. The number of carbonyl (C=O) groups is 1. The number of aromatic nitrogens is 3. The summed E-state index contributed by atoms with van der Waals surface area (Å²) in [5.41, 5.74) is 7.54. The average Bonchev–Trinajstić information content (AvgIpc) is 3.50. The third kappa shape index (κ3) is 7.08. The molecule has 272 valence electrons. The van der Waals surface area contributed by atoms with Crippen molar-refractivity contribution in [3.8, 4) is 17.2 Å². The van der Waals surface area contributed by atoms with Crippen LogP contribution in [-0.4, -0.2) is 41.8 Å². The number of pyridine rings is 1. The predicted molar refractivity (Wildman–Crippen MR) is 211 cm³/mol. The van der Waals surface area contributed by atoms with E-state index < -0.39 is 12.1 Å². The first-order valence-electron chi connectivity index (χ1n) is 17.8. The first-order chi connectivity index (χ1) is 25.5. The molecule has 2 unspecified atom stereocenters. The Hall–Kier alpha value is -5.34. The Morgan fingerprint density at radius 2 is 1.58 bits per heavy atom. The van der Waals surface area contributed by atoms with Crippen LogP contribution in [0.15, 0.2) is 84.9 Å². The summed E-state index contributed by atoms with van der Waals surface area (Å²) in [4.78, 5) is 24.9. The molecule has 1 aliphatic carbocycles. The van der Waals surface area contributed by atoms with Crippen molar-refractivity contribution in [3.63, 3.8) is 0 Å². The molecule has 0 fully saturated rings. The van der Waals surface area contributed by atoms with Gasteiger partial charge in [-0.05, 0) is 95.8 Å². The molecule has 0 radical (unpaired) electrons. The first kappa shape index (κ1) is 36.0. The summed E-state index contributed by atoms with van der Waals surface area (Å²) >= 11 is 6.39. The molecule has 2 heterocycles. The van der Waals surface area contributed by atoms with Crippen LogP contribution in [-0.2, 0) is 17.7 Å². The molecule has 0 saturated heterocycles. The molecule has 0 N–H and O–H groups in total. The van der Waals surface area contributed by atoms with E-state index >= 15 is 0 Å². The minimum absolute atomic E-state index is 0.0598. The molecule has 2 atom stereocenters. The maximum Gasteiger partial charge on any atom is 0.339 e. The van der Waals surface area contributed by atoms with Crippen LogP contribution in [0.2, 0.25) is 5.02 Å². The van der Waals surface area contributed by atoms with Crippen molar-refractivity contribution in [2.24, 2.45) is 11.3 Å². The number of allylic oxidation sites excluding steroid dienone is 1. The second kappa shape index (κ2) is 14.6. The van der Waals surface area contributed by atoms with Crippen molar-refractivity contribution in [2.45, 2.75) is 53.2 Å². The highest BCUT2D eigenvalue weighted by atomic mass is 35.5. The van der Waals surface area contributed by atoms with Crippen LogP contribution in [0.3, 0.4) is 0 Å². The molecule has 8 nitrogen and oxygen atoms in total. The van der Waals surface area contributed by atoms with Crippen LogP contribution in [0.5, 0.6) is 17.2 Å². The molecule has 1 aliphatic rings. The summed E-state index contributed by atoms with van der Waals surface area (Å²) in [5.74, 6) is 2.10. The molecule has 0 saturated carbocycles. The second-order valence-electron chi connectivity index (χ2n) is 14.7. The molecule has 0 spiro atoms. The van der Waals surface area contributed by atoms with Crippen molar-refractivity contribution in [2.75, 3.05) is 21.3 Å². The molecule has 9 heteroatoms. The van der Waals surface area contributed by atoms with Gasteiger partial charge < -0.3 is 23.5 Å². The van der Waals surface area contributed by atoms with E-state index in [0.717, 1.165) is 56.3 Å². The van der Waals surface area contributed by atoms with Gasteiger partial charge >= 0.3 is 5.97 Å². The number of hydrogen-bond acceptors (Lipinski definition) is 7. The third-order valence-corrected chi connectivity index (χ3v) is 10.5. The zero-order valence-electron chi connectivity index (χ0n) is 31.2. The summed E-state index contributed by atoms with van der Waals surface area (Å²) in [6.45, 7) is 9.19. The van der Waals surface area contributed by atoms with Crippen LogP contribution in [0.25, 0.3) is 33.6 Å². The minimum atomic E-state index is -0.670. The molecular formula is C44H44ClN3O5. The summed E-state index contributed by atoms with van der Waals surface area (Å²) in [5, 5.41) is 1.35. The summed E-state index contributed by atoms with van der Waals surface area (Å²) < 4.78 is 25.5. The van der Waals surface area contributed by atoms with Gasteiger partial charge in [0.15, 0.2) is 23.4 Å². The normalized spacial score (nSPS) is 15.7. The van der Waals surface area contributed by atoms with Gasteiger partial charge in [-0.15, -0.1) is 0 Å². The van der Waals surface area contributed by atoms with Crippen LogP contribution < -0.4 is 14.2 Å². The monoisotopic (exact) mass is 729 g/mol. The summed E-state index contributed by atoms with van der Waals surface area (Å²) in [6.07, 6.45) is 2.90. The largest absolute Gasteiger partial charge is 0.493 e. The lowest BCUT2D eigenvalue weighted by atomic mass is 9.69. The Morgan fingerprint density at radius 3 is 2.26 bits per heavy atom. The molecule has 0 aliphatic heterocycles. The van der Waals surface area contributed by atoms with Gasteiger partial charge in [0.1, 0.15) is 0 Å². The Balaban J connectivity index is 1.35. The first-order valence-corrected chi connectivity index (χ1v) is 18.2. The van der Waals surface area contributed by atoms with Crippen LogP contribution >= 0.6 is 11.6 Å². The molecule has 4 aromatic carbocycles. The number of methoxy groups -OCH3 is 3. The second-order valence-corrected chi connectivity index (χ2v) is 15.1. The Kier molecular flexibility index (Phi) is 9.92. The molecule has 2 aromatic heterocycles. The van der Waals surface area contributed by atoms with Crippen molar-refractivity contribution in [3.05, 3.63) is 124 Å². The van der Waals surface area contributed by atoms with Gasteiger partial charge in [0.25, 0.3) is 0 Å². The molecule has 0 amide bonds. The van der Waals surface area contributed by atoms with Crippen molar-refractivity contribution in [1.82, 2.24) is 14.5 Å².